The van der Waals surface area contributed by atoms with Crippen LogP contribution in [0.25, 0.3) is 0 Å². The predicted molar refractivity (Wildman–Crippen MR) is 113 cm³/mol. The van der Waals surface area contributed by atoms with Gasteiger partial charge in [0.25, 0.3) is 5.91 Å². The molecule has 0 aliphatic rings. The number of nitrogens with zero attached hydrogens (tertiary/aromatic N) is 1. The number of halogens is 2. The molecule has 31 heavy (non-hydrogen) atoms. The highest BCUT2D eigenvalue weighted by Gasteiger charge is 2.28. The van der Waals surface area contributed by atoms with Crippen molar-refractivity contribution in [3.8, 4) is 11.5 Å². The third-order valence-electron chi connectivity index (χ3n) is 4.85. The smallest absolute Gasteiger partial charge is 0.387 e. The first-order valence-corrected chi connectivity index (χ1v) is 9.87. The number of hydrogen-bond acceptors (Lipinski definition) is 4. The molecule has 2 amide bonds. The van der Waals surface area contributed by atoms with Gasteiger partial charge in [-0.05, 0) is 42.2 Å². The highest BCUT2D eigenvalue weighted by Crippen LogP contribution is 2.30. The average Bonchev–Trinajstić information content (AvgIpc) is 2.72. The van der Waals surface area contributed by atoms with E-state index < -0.39 is 12.7 Å². The molecule has 2 aromatic carbocycles. The third kappa shape index (κ3) is 6.41. The van der Waals surface area contributed by atoms with Crippen LogP contribution in [0.3, 0.4) is 0 Å². The van der Waals surface area contributed by atoms with Crippen LogP contribution in [0.4, 0.5) is 8.78 Å². The molecule has 0 fully saturated rings. The van der Waals surface area contributed by atoms with Crippen LogP contribution in [0, 0.1) is 12.8 Å². The van der Waals surface area contributed by atoms with Crippen molar-refractivity contribution >= 4 is 11.8 Å². The minimum absolute atomic E-state index is 0.0826. The van der Waals surface area contributed by atoms with Crippen molar-refractivity contribution < 1.29 is 27.8 Å². The monoisotopic (exact) mass is 434 g/mol. The Morgan fingerprint density at radius 2 is 1.77 bits per heavy atom. The van der Waals surface area contributed by atoms with Crippen molar-refractivity contribution in [3.05, 3.63) is 59.2 Å². The van der Waals surface area contributed by atoms with Crippen LogP contribution in [-0.2, 0) is 11.3 Å². The SMILES string of the molecule is COc1cc(CN(C)C(=O)[C@@H](NC(=O)c2ccccc2C)C(C)C)ccc1OC(F)F. The lowest BCUT2D eigenvalue weighted by Crippen LogP contribution is -2.50. The minimum Gasteiger partial charge on any atom is -0.493 e. The number of carbonyl (C=O) groups is 2. The lowest BCUT2D eigenvalue weighted by molar-refractivity contribution is -0.133. The van der Waals surface area contributed by atoms with Gasteiger partial charge in [-0.25, -0.2) is 0 Å². The molecule has 0 radical (unpaired) electrons. The first kappa shape index (κ1) is 24.1. The molecule has 0 spiro atoms. The van der Waals surface area contributed by atoms with E-state index in [9.17, 15) is 18.4 Å². The number of hydrogen-bond donors (Lipinski definition) is 1. The van der Waals surface area contributed by atoms with Gasteiger partial charge in [-0.2, -0.15) is 8.78 Å². The molecule has 0 bridgehead atoms. The minimum atomic E-state index is -2.97. The third-order valence-corrected chi connectivity index (χ3v) is 4.85. The van der Waals surface area contributed by atoms with Crippen molar-refractivity contribution in [1.82, 2.24) is 10.2 Å². The first-order valence-electron chi connectivity index (χ1n) is 9.87. The summed E-state index contributed by atoms with van der Waals surface area (Å²) in [6, 6.07) is 10.9. The molecule has 0 unspecified atom stereocenters. The van der Waals surface area contributed by atoms with Crippen LogP contribution in [0.1, 0.15) is 35.3 Å². The standard InChI is InChI=1S/C23H28F2N2O4/c1-14(2)20(26-21(28)17-9-7-6-8-15(17)3)22(29)27(4)13-16-10-11-18(31-23(24)25)19(12-16)30-5/h6-12,14,20,23H,13H2,1-5H3,(H,26,28)/t20-/m0/s1. The number of nitrogens with one attached hydrogen (secondary N) is 1. The molecule has 1 atom stereocenters. The van der Waals surface area contributed by atoms with Gasteiger partial charge in [-0.15, -0.1) is 0 Å². The number of amides is 2. The number of alkyl halides is 2. The maximum atomic E-state index is 13.1. The Labute approximate surface area is 181 Å². The molecule has 2 aromatic rings. The Kier molecular flexibility index (Phi) is 8.36. The summed E-state index contributed by atoms with van der Waals surface area (Å²) >= 11 is 0. The normalized spacial score (nSPS) is 11.9. The summed E-state index contributed by atoms with van der Waals surface area (Å²) in [5.74, 6) is -0.649. The van der Waals surface area contributed by atoms with Gasteiger partial charge < -0.3 is 19.7 Å². The van der Waals surface area contributed by atoms with Crippen molar-refractivity contribution in [1.29, 1.82) is 0 Å². The molecule has 0 saturated heterocycles. The van der Waals surface area contributed by atoms with Crippen LogP contribution >= 0.6 is 0 Å². The van der Waals surface area contributed by atoms with Gasteiger partial charge in [-0.1, -0.05) is 38.1 Å². The van der Waals surface area contributed by atoms with Gasteiger partial charge in [0.1, 0.15) is 6.04 Å². The van der Waals surface area contributed by atoms with Crippen molar-refractivity contribution in [2.24, 2.45) is 5.92 Å². The zero-order chi connectivity index (χ0) is 23.1. The van der Waals surface area contributed by atoms with Crippen molar-refractivity contribution in [2.75, 3.05) is 14.2 Å². The second-order valence-electron chi connectivity index (χ2n) is 7.57. The molecule has 168 valence electrons. The number of methoxy groups -OCH3 is 1. The van der Waals surface area contributed by atoms with E-state index in [0.29, 0.717) is 11.1 Å². The first-order chi connectivity index (χ1) is 14.6. The highest BCUT2D eigenvalue weighted by molar-refractivity contribution is 5.98. The molecule has 6 nitrogen and oxygen atoms in total. The fraction of sp³-hybridized carbons (Fsp3) is 0.391. The molecule has 1 N–H and O–H groups in total. The Balaban J connectivity index is 2.13. The Morgan fingerprint density at radius 3 is 2.35 bits per heavy atom. The topological polar surface area (TPSA) is 67.9 Å². The van der Waals surface area contributed by atoms with E-state index in [2.05, 4.69) is 10.1 Å². The second-order valence-corrected chi connectivity index (χ2v) is 7.57. The largest absolute Gasteiger partial charge is 0.493 e. The van der Waals surface area contributed by atoms with E-state index in [1.807, 2.05) is 32.9 Å². The predicted octanol–water partition coefficient (Wildman–Crippen LogP) is 4.02. The van der Waals surface area contributed by atoms with Crippen LogP contribution in [0.5, 0.6) is 11.5 Å². The van der Waals surface area contributed by atoms with E-state index in [1.54, 1.807) is 25.2 Å². The van der Waals surface area contributed by atoms with Gasteiger partial charge in [-0.3, -0.25) is 9.59 Å². The number of ether oxygens (including phenoxy) is 2. The lowest BCUT2D eigenvalue weighted by atomic mass is 10.0. The van der Waals surface area contributed by atoms with Crippen LogP contribution < -0.4 is 14.8 Å². The number of benzene rings is 2. The molecule has 0 aromatic heterocycles. The van der Waals surface area contributed by atoms with Crippen LogP contribution in [0.2, 0.25) is 0 Å². The molecule has 0 aliphatic heterocycles. The van der Waals surface area contributed by atoms with Gasteiger partial charge in [0.05, 0.1) is 7.11 Å². The summed E-state index contributed by atoms with van der Waals surface area (Å²) in [4.78, 5) is 27.2. The lowest BCUT2D eigenvalue weighted by Gasteiger charge is -2.27. The van der Waals surface area contributed by atoms with E-state index in [1.165, 1.54) is 24.1 Å². The van der Waals surface area contributed by atoms with Gasteiger partial charge in [0, 0.05) is 19.2 Å². The maximum Gasteiger partial charge on any atom is 0.387 e. The Bertz CT molecular complexity index is 918. The van der Waals surface area contributed by atoms with Crippen LogP contribution in [-0.4, -0.2) is 43.5 Å². The molecular weight excluding hydrogens is 406 g/mol. The second kappa shape index (κ2) is 10.7. The van der Waals surface area contributed by atoms with Gasteiger partial charge in [0.2, 0.25) is 5.91 Å². The molecule has 2 rings (SSSR count). The number of likely N-dealkylation sites (N-methyl/N-ethyl adjacent to an activating group) is 1. The number of aryl methyl sites for hydroxylation is 1. The summed E-state index contributed by atoms with van der Waals surface area (Å²) in [7, 11) is 2.97. The van der Waals surface area contributed by atoms with Crippen molar-refractivity contribution in [3.63, 3.8) is 0 Å². The highest BCUT2D eigenvalue weighted by atomic mass is 19.3. The molecule has 0 heterocycles. The van der Waals surface area contributed by atoms with E-state index >= 15 is 0 Å². The van der Waals surface area contributed by atoms with Crippen molar-refractivity contribution in [2.45, 2.75) is 40.0 Å². The van der Waals surface area contributed by atoms with Crippen LogP contribution in [0.15, 0.2) is 42.5 Å². The Morgan fingerprint density at radius 1 is 1.10 bits per heavy atom. The van der Waals surface area contributed by atoms with Gasteiger partial charge >= 0.3 is 6.61 Å². The van der Waals surface area contributed by atoms with E-state index in [4.69, 9.17) is 4.74 Å². The molecule has 0 aliphatic carbocycles. The summed E-state index contributed by atoms with van der Waals surface area (Å²) in [6.07, 6.45) is 0. The summed E-state index contributed by atoms with van der Waals surface area (Å²) in [5, 5.41) is 2.84. The molecular formula is C23H28F2N2O4. The number of rotatable bonds is 9. The average molecular weight is 434 g/mol. The fourth-order valence-electron chi connectivity index (χ4n) is 3.15. The zero-order valence-electron chi connectivity index (χ0n) is 18.3. The summed E-state index contributed by atoms with van der Waals surface area (Å²) < 4.78 is 34.5. The number of carbonyl (C=O) groups excluding carboxylic acids is 2. The summed E-state index contributed by atoms with van der Waals surface area (Å²) in [5.41, 5.74) is 2.01. The van der Waals surface area contributed by atoms with E-state index in [0.717, 1.165) is 5.56 Å². The van der Waals surface area contributed by atoms with E-state index in [-0.39, 0.29) is 35.8 Å². The zero-order valence-corrected chi connectivity index (χ0v) is 18.3. The quantitative estimate of drug-likeness (QED) is 0.647. The Hall–Kier alpha value is -3.16. The summed E-state index contributed by atoms with van der Waals surface area (Å²) in [6.45, 7) is 2.78. The molecule has 0 saturated carbocycles. The van der Waals surface area contributed by atoms with Gasteiger partial charge in [0.15, 0.2) is 11.5 Å². The maximum absolute atomic E-state index is 13.1. The molecule has 8 heteroatoms. The fourth-order valence-corrected chi connectivity index (χ4v) is 3.15.